The molecule has 0 fully saturated rings. The Kier molecular flexibility index (Phi) is 4.07. The molecule has 5 heteroatoms. The van der Waals surface area contributed by atoms with Crippen molar-refractivity contribution in [3.63, 3.8) is 0 Å². The molecular formula is C11H18N2O2S. The number of nitrogens with two attached hydrogens (primary N) is 1. The molecule has 1 rings (SSSR count). The van der Waals surface area contributed by atoms with Gasteiger partial charge in [0, 0.05) is 6.26 Å². The lowest BCUT2D eigenvalue weighted by Crippen LogP contribution is -2.39. The van der Waals surface area contributed by atoms with Crippen LogP contribution in [0.2, 0.25) is 0 Å². The highest BCUT2D eigenvalue weighted by atomic mass is 32.2. The molecule has 0 aromatic heterocycles. The summed E-state index contributed by atoms with van der Waals surface area (Å²) in [5, 5.41) is -0.557. The summed E-state index contributed by atoms with van der Waals surface area (Å²) in [7, 11) is -3.12. The Hall–Kier alpha value is -0.910. The molecule has 2 unspecified atom stereocenters. The van der Waals surface area contributed by atoms with Crippen LogP contribution in [0.5, 0.6) is 0 Å². The lowest BCUT2D eigenvalue weighted by Gasteiger charge is -2.23. The topological polar surface area (TPSA) is 72.2 Å². The highest BCUT2D eigenvalue weighted by Gasteiger charge is 2.27. The summed E-state index contributed by atoms with van der Waals surface area (Å²) in [6.45, 7) is 3.60. The summed E-state index contributed by atoms with van der Waals surface area (Å²) < 4.78 is 23.0. The Balaban J connectivity index is 3.14. The SMILES string of the molecule is Cc1ccccc1C(NN)C(C)S(C)(=O)=O. The number of nitrogens with one attached hydrogen (secondary N) is 1. The first-order chi connectivity index (χ1) is 7.38. The second kappa shape index (κ2) is 4.95. The van der Waals surface area contributed by atoms with E-state index in [2.05, 4.69) is 5.43 Å². The Morgan fingerprint density at radius 2 is 1.88 bits per heavy atom. The molecule has 0 radical (unpaired) electrons. The van der Waals surface area contributed by atoms with Gasteiger partial charge in [-0.2, -0.15) is 0 Å². The van der Waals surface area contributed by atoms with Crippen molar-refractivity contribution < 1.29 is 8.42 Å². The van der Waals surface area contributed by atoms with E-state index in [0.29, 0.717) is 0 Å². The van der Waals surface area contributed by atoms with Crippen molar-refractivity contribution in [2.75, 3.05) is 6.26 Å². The van der Waals surface area contributed by atoms with Crippen LogP contribution in [0.25, 0.3) is 0 Å². The van der Waals surface area contributed by atoms with E-state index < -0.39 is 15.1 Å². The van der Waals surface area contributed by atoms with Crippen molar-refractivity contribution in [2.45, 2.75) is 25.1 Å². The summed E-state index contributed by atoms with van der Waals surface area (Å²) in [4.78, 5) is 0. The molecule has 3 N–H and O–H groups in total. The summed E-state index contributed by atoms with van der Waals surface area (Å²) in [6.07, 6.45) is 1.22. The maximum Gasteiger partial charge on any atom is 0.151 e. The molecule has 4 nitrogen and oxygen atoms in total. The molecule has 0 spiro atoms. The van der Waals surface area contributed by atoms with E-state index in [0.717, 1.165) is 11.1 Å². The minimum Gasteiger partial charge on any atom is -0.271 e. The van der Waals surface area contributed by atoms with Crippen LogP contribution in [0.4, 0.5) is 0 Å². The van der Waals surface area contributed by atoms with Gasteiger partial charge in [-0.05, 0) is 25.0 Å². The Morgan fingerprint density at radius 3 is 2.31 bits per heavy atom. The fourth-order valence-electron chi connectivity index (χ4n) is 1.66. The summed E-state index contributed by atoms with van der Waals surface area (Å²) in [5.74, 6) is 5.46. The Labute approximate surface area is 96.7 Å². The molecule has 0 aliphatic rings. The van der Waals surface area contributed by atoms with E-state index in [-0.39, 0.29) is 6.04 Å². The predicted molar refractivity (Wildman–Crippen MR) is 65.5 cm³/mol. The maximum absolute atomic E-state index is 11.5. The highest BCUT2D eigenvalue weighted by molar-refractivity contribution is 7.91. The van der Waals surface area contributed by atoms with Crippen molar-refractivity contribution in [1.82, 2.24) is 5.43 Å². The molecule has 1 aromatic carbocycles. The fraction of sp³-hybridized carbons (Fsp3) is 0.455. The number of hydrogen-bond donors (Lipinski definition) is 2. The highest BCUT2D eigenvalue weighted by Crippen LogP contribution is 2.23. The molecular weight excluding hydrogens is 224 g/mol. The smallest absolute Gasteiger partial charge is 0.151 e. The van der Waals surface area contributed by atoms with Gasteiger partial charge in [0.15, 0.2) is 9.84 Å². The van der Waals surface area contributed by atoms with E-state index in [1.54, 1.807) is 6.92 Å². The van der Waals surface area contributed by atoms with Crippen LogP contribution in [0.3, 0.4) is 0 Å². The zero-order chi connectivity index (χ0) is 12.3. The molecule has 16 heavy (non-hydrogen) atoms. The Morgan fingerprint density at radius 1 is 1.31 bits per heavy atom. The van der Waals surface area contributed by atoms with Crippen molar-refractivity contribution in [1.29, 1.82) is 0 Å². The van der Waals surface area contributed by atoms with Crippen LogP contribution < -0.4 is 11.3 Å². The van der Waals surface area contributed by atoms with Crippen molar-refractivity contribution >= 4 is 9.84 Å². The van der Waals surface area contributed by atoms with Gasteiger partial charge in [-0.25, -0.2) is 8.42 Å². The normalized spacial score (nSPS) is 15.8. The van der Waals surface area contributed by atoms with Crippen LogP contribution in [0.15, 0.2) is 24.3 Å². The molecule has 0 saturated carbocycles. The first-order valence-electron chi connectivity index (χ1n) is 5.08. The van der Waals surface area contributed by atoms with Gasteiger partial charge in [0.05, 0.1) is 11.3 Å². The minimum absolute atomic E-state index is 0.379. The second-order valence-electron chi connectivity index (χ2n) is 4.04. The summed E-state index contributed by atoms with van der Waals surface area (Å²) in [5.41, 5.74) is 4.53. The van der Waals surface area contributed by atoms with Gasteiger partial charge >= 0.3 is 0 Å². The van der Waals surface area contributed by atoms with Crippen LogP contribution >= 0.6 is 0 Å². The quantitative estimate of drug-likeness (QED) is 0.608. The molecule has 0 bridgehead atoms. The van der Waals surface area contributed by atoms with Gasteiger partial charge in [0.25, 0.3) is 0 Å². The molecule has 0 heterocycles. The van der Waals surface area contributed by atoms with E-state index >= 15 is 0 Å². The lowest BCUT2D eigenvalue weighted by atomic mass is 10.00. The Bertz CT molecular complexity index is 457. The molecule has 2 atom stereocenters. The average molecular weight is 242 g/mol. The number of hydrogen-bond acceptors (Lipinski definition) is 4. The van der Waals surface area contributed by atoms with Crippen LogP contribution in [-0.2, 0) is 9.84 Å². The number of rotatable bonds is 4. The second-order valence-corrected chi connectivity index (χ2v) is 6.44. The predicted octanol–water partition coefficient (Wildman–Crippen LogP) is 0.933. The van der Waals surface area contributed by atoms with Crippen LogP contribution in [0.1, 0.15) is 24.1 Å². The van der Waals surface area contributed by atoms with Crippen molar-refractivity contribution in [3.05, 3.63) is 35.4 Å². The third-order valence-electron chi connectivity index (χ3n) is 2.85. The van der Waals surface area contributed by atoms with Gasteiger partial charge in [-0.3, -0.25) is 11.3 Å². The minimum atomic E-state index is -3.12. The standard InChI is InChI=1S/C11H18N2O2S/c1-8-6-4-5-7-10(8)11(13-12)9(2)16(3,14)15/h4-7,9,11,13H,12H2,1-3H3. The number of hydrazine groups is 1. The average Bonchev–Trinajstić information content (AvgIpc) is 2.20. The molecule has 90 valence electrons. The molecule has 0 amide bonds. The van der Waals surface area contributed by atoms with Gasteiger partial charge in [-0.1, -0.05) is 24.3 Å². The van der Waals surface area contributed by atoms with Gasteiger partial charge in [0.2, 0.25) is 0 Å². The largest absolute Gasteiger partial charge is 0.271 e. The van der Waals surface area contributed by atoms with E-state index in [9.17, 15) is 8.42 Å². The van der Waals surface area contributed by atoms with Crippen LogP contribution in [-0.4, -0.2) is 19.9 Å². The van der Waals surface area contributed by atoms with Gasteiger partial charge in [0.1, 0.15) is 0 Å². The first-order valence-corrected chi connectivity index (χ1v) is 7.04. The first kappa shape index (κ1) is 13.2. The lowest BCUT2D eigenvalue weighted by molar-refractivity contribution is 0.512. The van der Waals surface area contributed by atoms with Crippen molar-refractivity contribution in [2.24, 2.45) is 5.84 Å². The van der Waals surface area contributed by atoms with E-state index in [1.165, 1.54) is 6.26 Å². The zero-order valence-electron chi connectivity index (χ0n) is 9.77. The maximum atomic E-state index is 11.5. The third-order valence-corrected chi connectivity index (χ3v) is 4.47. The van der Waals surface area contributed by atoms with E-state index in [1.807, 2.05) is 31.2 Å². The molecule has 1 aromatic rings. The monoisotopic (exact) mass is 242 g/mol. The number of benzene rings is 1. The molecule has 0 aliphatic heterocycles. The molecule has 0 saturated heterocycles. The van der Waals surface area contributed by atoms with Gasteiger partial charge < -0.3 is 0 Å². The zero-order valence-corrected chi connectivity index (χ0v) is 10.6. The van der Waals surface area contributed by atoms with Crippen molar-refractivity contribution in [3.8, 4) is 0 Å². The van der Waals surface area contributed by atoms with Crippen LogP contribution in [0, 0.1) is 6.92 Å². The van der Waals surface area contributed by atoms with E-state index in [4.69, 9.17) is 5.84 Å². The summed E-state index contributed by atoms with van der Waals surface area (Å²) >= 11 is 0. The third kappa shape index (κ3) is 2.81. The number of aryl methyl sites for hydroxylation is 1. The fourth-order valence-corrected chi connectivity index (χ4v) is 2.38. The molecule has 0 aliphatic carbocycles. The van der Waals surface area contributed by atoms with Gasteiger partial charge in [-0.15, -0.1) is 0 Å². The number of sulfone groups is 1. The summed E-state index contributed by atoms with van der Waals surface area (Å²) in [6, 6.07) is 7.24.